The Morgan fingerprint density at radius 1 is 1.12 bits per heavy atom. The van der Waals surface area contributed by atoms with Crippen molar-refractivity contribution in [3.05, 3.63) is 6.07 Å². The maximum Gasteiger partial charge on any atom is 0.215 e. The average molecular weight is 226 g/mol. The van der Waals surface area contributed by atoms with Crippen LogP contribution in [0.5, 0.6) is 11.8 Å². The van der Waals surface area contributed by atoms with E-state index in [1.165, 1.54) is 38.2 Å². The zero-order valence-corrected chi connectivity index (χ0v) is 9.92. The minimum atomic E-state index is -0.0112. The molecule has 1 heterocycles. The Labute approximate surface area is 96.7 Å². The summed E-state index contributed by atoms with van der Waals surface area (Å²) in [5.41, 5.74) is 0.575. The minimum Gasteiger partial charge on any atom is -0.494 e. The van der Waals surface area contributed by atoms with E-state index in [-0.39, 0.29) is 11.8 Å². The van der Waals surface area contributed by atoms with Crippen LogP contribution in [-0.2, 0) is 0 Å². The molecular formula is C12H22N2O2. The predicted molar refractivity (Wildman–Crippen MR) is 66.0 cm³/mol. The molecule has 4 heteroatoms. The van der Waals surface area contributed by atoms with E-state index in [9.17, 15) is 5.11 Å². The first-order valence-corrected chi connectivity index (χ1v) is 6.09. The molecule has 0 spiro atoms. The summed E-state index contributed by atoms with van der Waals surface area (Å²) in [5, 5.41) is 21.5. The number of unbranched alkanes of at least 4 members (excludes halogenated alkanes) is 5. The lowest BCUT2D eigenvalue weighted by Crippen LogP contribution is -2.00. The van der Waals surface area contributed by atoms with Gasteiger partial charge in [0.15, 0.2) is 5.88 Å². The van der Waals surface area contributed by atoms with E-state index in [0.717, 1.165) is 13.0 Å². The van der Waals surface area contributed by atoms with Gasteiger partial charge in [0.1, 0.15) is 5.69 Å². The van der Waals surface area contributed by atoms with Crippen LogP contribution in [0.1, 0.15) is 45.4 Å². The van der Waals surface area contributed by atoms with Crippen molar-refractivity contribution in [2.45, 2.75) is 45.4 Å². The third-order valence-corrected chi connectivity index (χ3v) is 2.63. The zero-order valence-electron chi connectivity index (χ0n) is 9.92. The van der Waals surface area contributed by atoms with Crippen molar-refractivity contribution < 1.29 is 10.2 Å². The van der Waals surface area contributed by atoms with Crippen molar-refractivity contribution in [1.29, 1.82) is 0 Å². The Morgan fingerprint density at radius 2 is 1.81 bits per heavy atom. The Bertz CT molecular complexity index is 297. The highest BCUT2D eigenvalue weighted by Crippen LogP contribution is 2.26. The second-order valence-electron chi connectivity index (χ2n) is 4.11. The van der Waals surface area contributed by atoms with Crippen molar-refractivity contribution in [2.75, 3.05) is 11.9 Å². The number of H-pyrrole nitrogens is 1. The van der Waals surface area contributed by atoms with Crippen molar-refractivity contribution in [3.63, 3.8) is 0 Å². The molecule has 92 valence electrons. The zero-order chi connectivity index (χ0) is 11.8. The molecule has 0 bridgehead atoms. The summed E-state index contributed by atoms with van der Waals surface area (Å²) in [6.07, 6.45) is 7.49. The van der Waals surface area contributed by atoms with E-state index in [2.05, 4.69) is 17.2 Å². The largest absolute Gasteiger partial charge is 0.494 e. The molecule has 0 fully saturated rings. The number of anilines is 1. The van der Waals surface area contributed by atoms with E-state index < -0.39 is 0 Å². The maximum atomic E-state index is 9.33. The summed E-state index contributed by atoms with van der Waals surface area (Å²) in [7, 11) is 0. The highest BCUT2D eigenvalue weighted by atomic mass is 16.3. The topological polar surface area (TPSA) is 68.3 Å². The maximum absolute atomic E-state index is 9.33. The van der Waals surface area contributed by atoms with E-state index in [4.69, 9.17) is 5.11 Å². The Morgan fingerprint density at radius 3 is 2.44 bits per heavy atom. The van der Waals surface area contributed by atoms with Crippen LogP contribution in [0.25, 0.3) is 0 Å². The van der Waals surface area contributed by atoms with E-state index >= 15 is 0 Å². The fourth-order valence-electron chi connectivity index (χ4n) is 1.69. The normalized spacial score (nSPS) is 10.6. The van der Waals surface area contributed by atoms with Gasteiger partial charge in [-0.25, -0.2) is 0 Å². The summed E-state index contributed by atoms with van der Waals surface area (Å²) >= 11 is 0. The molecule has 0 saturated carbocycles. The van der Waals surface area contributed by atoms with Crippen LogP contribution in [0.3, 0.4) is 0 Å². The Hall–Kier alpha value is -1.32. The third-order valence-electron chi connectivity index (χ3n) is 2.63. The summed E-state index contributed by atoms with van der Waals surface area (Å²) in [4.78, 5) is 2.42. The van der Waals surface area contributed by atoms with E-state index in [1.807, 2.05) is 0 Å². The molecule has 0 aliphatic heterocycles. The van der Waals surface area contributed by atoms with Crippen molar-refractivity contribution >= 4 is 5.69 Å². The fraction of sp³-hybridized carbons (Fsp3) is 0.667. The molecule has 4 nitrogen and oxygen atoms in total. The SMILES string of the molecule is CCCCCCCCNc1cc(O)[nH]c1O. The van der Waals surface area contributed by atoms with Gasteiger partial charge < -0.3 is 15.5 Å². The molecule has 0 radical (unpaired) electrons. The number of rotatable bonds is 8. The average Bonchev–Trinajstić information content (AvgIpc) is 2.56. The summed E-state index contributed by atoms with van der Waals surface area (Å²) in [6, 6.07) is 1.49. The fourth-order valence-corrected chi connectivity index (χ4v) is 1.69. The number of hydrogen-bond donors (Lipinski definition) is 4. The molecule has 1 aromatic heterocycles. The number of aromatic nitrogens is 1. The molecule has 16 heavy (non-hydrogen) atoms. The van der Waals surface area contributed by atoms with Gasteiger partial charge in [-0.15, -0.1) is 0 Å². The van der Waals surface area contributed by atoms with Gasteiger partial charge in [-0.2, -0.15) is 0 Å². The monoisotopic (exact) mass is 226 g/mol. The first-order chi connectivity index (χ1) is 7.74. The lowest BCUT2D eigenvalue weighted by molar-refractivity contribution is 0.426. The summed E-state index contributed by atoms with van der Waals surface area (Å²) in [6.45, 7) is 3.04. The van der Waals surface area contributed by atoms with Crippen LogP contribution in [0.2, 0.25) is 0 Å². The number of aromatic hydroxyl groups is 2. The van der Waals surface area contributed by atoms with Crippen LogP contribution in [0, 0.1) is 0 Å². The van der Waals surface area contributed by atoms with Crippen LogP contribution >= 0.6 is 0 Å². The number of aromatic amines is 1. The number of nitrogens with one attached hydrogen (secondary N) is 2. The summed E-state index contributed by atoms with van der Waals surface area (Å²) < 4.78 is 0. The van der Waals surface area contributed by atoms with Crippen molar-refractivity contribution in [3.8, 4) is 11.8 Å². The molecule has 0 aromatic carbocycles. The van der Waals surface area contributed by atoms with Crippen molar-refractivity contribution in [2.24, 2.45) is 0 Å². The third kappa shape index (κ3) is 4.47. The molecule has 0 atom stereocenters. The molecule has 4 N–H and O–H groups in total. The highest BCUT2D eigenvalue weighted by molar-refractivity contribution is 5.55. The second-order valence-corrected chi connectivity index (χ2v) is 4.11. The lowest BCUT2D eigenvalue weighted by Gasteiger charge is -2.04. The molecule has 0 amide bonds. The van der Waals surface area contributed by atoms with Gasteiger partial charge in [0.25, 0.3) is 0 Å². The van der Waals surface area contributed by atoms with Gasteiger partial charge in [-0.3, -0.25) is 4.98 Å². The standard InChI is InChI=1S/C12H22N2O2/c1-2-3-4-5-6-7-8-13-10-9-11(15)14-12(10)16/h9,13-16H,2-8H2,1H3. The van der Waals surface area contributed by atoms with Gasteiger partial charge in [-0.05, 0) is 6.42 Å². The van der Waals surface area contributed by atoms with Crippen molar-refractivity contribution in [1.82, 2.24) is 4.98 Å². The van der Waals surface area contributed by atoms with Crippen LogP contribution in [0.4, 0.5) is 5.69 Å². The first-order valence-electron chi connectivity index (χ1n) is 6.09. The molecule has 1 rings (SSSR count). The summed E-state index contributed by atoms with van der Waals surface area (Å²) in [5.74, 6) is -0.00794. The van der Waals surface area contributed by atoms with Gasteiger partial charge >= 0.3 is 0 Å². The van der Waals surface area contributed by atoms with Crippen LogP contribution in [-0.4, -0.2) is 21.7 Å². The second kappa shape index (κ2) is 7.04. The minimum absolute atomic E-state index is 0.00322. The molecular weight excluding hydrogens is 204 g/mol. The molecule has 0 saturated heterocycles. The smallest absolute Gasteiger partial charge is 0.215 e. The highest BCUT2D eigenvalue weighted by Gasteiger charge is 2.04. The van der Waals surface area contributed by atoms with E-state index in [1.54, 1.807) is 0 Å². The quantitative estimate of drug-likeness (QED) is 0.514. The predicted octanol–water partition coefficient (Wildman–Crippen LogP) is 3.20. The molecule has 0 aliphatic carbocycles. The van der Waals surface area contributed by atoms with Gasteiger partial charge in [0, 0.05) is 12.6 Å². The van der Waals surface area contributed by atoms with E-state index in [0.29, 0.717) is 5.69 Å². The lowest BCUT2D eigenvalue weighted by atomic mass is 10.1. The van der Waals surface area contributed by atoms with Gasteiger partial charge in [0.05, 0.1) is 0 Å². The van der Waals surface area contributed by atoms with Crippen LogP contribution < -0.4 is 5.32 Å². The van der Waals surface area contributed by atoms with Gasteiger partial charge in [-0.1, -0.05) is 39.0 Å². The first kappa shape index (κ1) is 12.7. The number of hydrogen-bond acceptors (Lipinski definition) is 3. The molecule has 0 unspecified atom stereocenters. The molecule has 0 aliphatic rings. The van der Waals surface area contributed by atoms with Gasteiger partial charge in [0.2, 0.25) is 5.88 Å². The molecule has 1 aromatic rings. The van der Waals surface area contributed by atoms with Crippen LogP contribution in [0.15, 0.2) is 6.07 Å². The Balaban J connectivity index is 2.05. The Kier molecular flexibility index (Phi) is 5.61.